The standard InChI is InChI=1S/C60H39NO/c1-2-15-44-37-46(28-27-40(44)13-1)42-31-35-49(36-32-42)61(48-33-29-41(30-34-48)45-17-11-18-47(38-45)51-24-12-16-43-14-3-4-19-50(43)51)58-25-9-7-21-53(58)56-39-57-54-22-8-10-26-59(54)62-60(57)55-23-6-5-20-52(55)56/h1-39H/i29D,30D,31D,32D,33D,34D,35D,36D. The Morgan fingerprint density at radius 2 is 0.887 bits per heavy atom. The zero-order valence-corrected chi connectivity index (χ0v) is 33.3. The van der Waals surface area contributed by atoms with Gasteiger partial charge >= 0.3 is 0 Å². The van der Waals surface area contributed by atoms with E-state index in [0.29, 0.717) is 28.0 Å². The van der Waals surface area contributed by atoms with Crippen LogP contribution in [0.5, 0.6) is 0 Å². The van der Waals surface area contributed by atoms with Crippen molar-refractivity contribution in [3.8, 4) is 44.5 Å². The lowest BCUT2D eigenvalue weighted by Crippen LogP contribution is -2.11. The van der Waals surface area contributed by atoms with Gasteiger partial charge in [-0.3, -0.25) is 0 Å². The van der Waals surface area contributed by atoms with E-state index in [2.05, 4.69) is 0 Å². The fourth-order valence-corrected chi connectivity index (χ4v) is 8.81. The first-order chi connectivity index (χ1) is 34.1. The van der Waals surface area contributed by atoms with Gasteiger partial charge in [0.2, 0.25) is 0 Å². The highest BCUT2D eigenvalue weighted by Crippen LogP contribution is 2.46. The predicted octanol–water partition coefficient (Wildman–Crippen LogP) is 17.2. The van der Waals surface area contributed by atoms with E-state index < -0.39 is 24.2 Å². The Labute approximate surface area is 371 Å². The third-order valence-corrected chi connectivity index (χ3v) is 11.8. The SMILES string of the molecule is [2H]c1c([2H])c(N(c2ccccc2-c2cc3c4ccccc4oc3c3ccccc23)c2c([2H])c([2H])c(-c3ccc4ccccc4c3)c([2H])c2[2H])c([2H])c([2H])c1-c1cccc(-c2cccc3ccccc23)c1. The largest absolute Gasteiger partial charge is 0.455 e. The first-order valence-electron chi connectivity index (χ1n) is 24.6. The van der Waals surface area contributed by atoms with Crippen LogP contribution >= 0.6 is 0 Å². The third-order valence-electron chi connectivity index (χ3n) is 11.8. The number of hydrogen-bond donors (Lipinski definition) is 0. The minimum atomic E-state index is -0.419. The quantitative estimate of drug-likeness (QED) is 0.160. The van der Waals surface area contributed by atoms with Gasteiger partial charge in [-0.15, -0.1) is 0 Å². The van der Waals surface area contributed by atoms with E-state index >= 15 is 0 Å². The summed E-state index contributed by atoms with van der Waals surface area (Å²) in [5.41, 5.74) is 5.60. The summed E-state index contributed by atoms with van der Waals surface area (Å²) < 4.78 is 84.6. The summed E-state index contributed by atoms with van der Waals surface area (Å²) >= 11 is 0. The molecule has 0 atom stereocenters. The number of rotatable bonds is 7. The number of hydrogen-bond acceptors (Lipinski definition) is 2. The maximum absolute atomic E-state index is 9.90. The molecule has 0 aliphatic rings. The summed E-state index contributed by atoms with van der Waals surface area (Å²) in [6, 6.07) is 56.9. The summed E-state index contributed by atoms with van der Waals surface area (Å²) in [5, 5.41) is 7.36. The van der Waals surface area contributed by atoms with Crippen LogP contribution in [-0.4, -0.2) is 0 Å². The van der Waals surface area contributed by atoms with E-state index in [0.717, 1.165) is 65.4 Å². The average molecular weight is 798 g/mol. The highest BCUT2D eigenvalue weighted by atomic mass is 16.3. The molecule has 0 aliphatic carbocycles. The minimum Gasteiger partial charge on any atom is -0.455 e. The third kappa shape index (κ3) is 6.12. The molecule has 0 fully saturated rings. The molecule has 12 aromatic rings. The van der Waals surface area contributed by atoms with Gasteiger partial charge in [-0.25, -0.2) is 0 Å². The van der Waals surface area contributed by atoms with E-state index in [1.807, 2.05) is 164 Å². The molecule has 290 valence electrons. The van der Waals surface area contributed by atoms with Crippen LogP contribution in [0, 0.1) is 0 Å². The first kappa shape index (κ1) is 28.3. The molecule has 0 spiro atoms. The van der Waals surface area contributed by atoms with Crippen molar-refractivity contribution in [2.75, 3.05) is 4.90 Å². The van der Waals surface area contributed by atoms with Gasteiger partial charge in [-0.2, -0.15) is 0 Å². The number of furan rings is 1. The second-order valence-corrected chi connectivity index (χ2v) is 15.4. The lowest BCUT2D eigenvalue weighted by atomic mass is 9.93. The van der Waals surface area contributed by atoms with Crippen molar-refractivity contribution >= 4 is 71.3 Å². The van der Waals surface area contributed by atoms with Crippen LogP contribution in [0.2, 0.25) is 0 Å². The van der Waals surface area contributed by atoms with Crippen LogP contribution in [0.4, 0.5) is 17.1 Å². The zero-order chi connectivity index (χ0) is 47.9. The number of anilines is 3. The van der Waals surface area contributed by atoms with Crippen LogP contribution < -0.4 is 4.90 Å². The molecule has 0 saturated heterocycles. The molecule has 0 N–H and O–H groups in total. The van der Waals surface area contributed by atoms with Crippen molar-refractivity contribution < 1.29 is 15.4 Å². The van der Waals surface area contributed by atoms with E-state index in [1.165, 1.54) is 4.90 Å². The van der Waals surface area contributed by atoms with Crippen LogP contribution in [0.25, 0.3) is 98.8 Å². The molecule has 2 nitrogen and oxygen atoms in total. The summed E-state index contributed by atoms with van der Waals surface area (Å²) in [4.78, 5) is 1.41. The topological polar surface area (TPSA) is 16.4 Å². The lowest BCUT2D eigenvalue weighted by molar-refractivity contribution is 0.672. The molecule has 0 aliphatic heterocycles. The lowest BCUT2D eigenvalue weighted by Gasteiger charge is -2.28. The monoisotopic (exact) mass is 797 g/mol. The smallest absolute Gasteiger partial charge is 0.143 e. The van der Waals surface area contributed by atoms with Gasteiger partial charge in [0.15, 0.2) is 0 Å². The fourth-order valence-electron chi connectivity index (χ4n) is 8.81. The Morgan fingerprint density at radius 1 is 0.323 bits per heavy atom. The van der Waals surface area contributed by atoms with Crippen molar-refractivity contribution in [1.29, 1.82) is 0 Å². The summed E-state index contributed by atoms with van der Waals surface area (Å²) in [5.74, 6) is 0. The van der Waals surface area contributed by atoms with Crippen molar-refractivity contribution in [3.63, 3.8) is 0 Å². The van der Waals surface area contributed by atoms with E-state index in [4.69, 9.17) is 4.42 Å². The fraction of sp³-hybridized carbons (Fsp3) is 0. The Bertz CT molecular complexity index is 4080. The van der Waals surface area contributed by atoms with Crippen molar-refractivity contribution in [2.24, 2.45) is 0 Å². The Kier molecular flexibility index (Phi) is 6.76. The van der Waals surface area contributed by atoms with Crippen LogP contribution in [0.1, 0.15) is 11.0 Å². The second-order valence-electron chi connectivity index (χ2n) is 15.4. The van der Waals surface area contributed by atoms with Crippen molar-refractivity contribution in [1.82, 2.24) is 0 Å². The first-order valence-corrected chi connectivity index (χ1v) is 20.6. The van der Waals surface area contributed by atoms with Gasteiger partial charge in [0.05, 0.1) is 16.7 Å². The summed E-state index contributed by atoms with van der Waals surface area (Å²) in [6.45, 7) is 0. The number of nitrogens with zero attached hydrogens (tertiary/aromatic N) is 1. The Hall–Kier alpha value is -8.20. The molecule has 0 unspecified atom stereocenters. The van der Waals surface area contributed by atoms with Gasteiger partial charge in [-0.05, 0) is 120 Å². The molecule has 0 amide bonds. The van der Waals surface area contributed by atoms with Gasteiger partial charge in [0, 0.05) is 33.1 Å². The van der Waals surface area contributed by atoms with Crippen molar-refractivity contribution in [3.05, 3.63) is 236 Å². The molecule has 0 saturated carbocycles. The van der Waals surface area contributed by atoms with Crippen LogP contribution in [0.15, 0.2) is 241 Å². The predicted molar refractivity (Wildman–Crippen MR) is 263 cm³/mol. The Morgan fingerprint density at radius 3 is 1.68 bits per heavy atom. The summed E-state index contributed by atoms with van der Waals surface area (Å²) in [7, 11) is 0. The molecular formula is C60H39NO. The maximum Gasteiger partial charge on any atom is 0.143 e. The molecular weight excluding hydrogens is 751 g/mol. The van der Waals surface area contributed by atoms with Gasteiger partial charge in [0.25, 0.3) is 0 Å². The highest BCUT2D eigenvalue weighted by Gasteiger charge is 2.21. The van der Waals surface area contributed by atoms with Gasteiger partial charge < -0.3 is 9.32 Å². The molecule has 12 rings (SSSR count). The van der Waals surface area contributed by atoms with E-state index in [9.17, 15) is 11.0 Å². The number of benzene rings is 11. The molecule has 0 radical (unpaired) electrons. The van der Waals surface area contributed by atoms with Crippen molar-refractivity contribution in [2.45, 2.75) is 0 Å². The molecule has 1 aromatic heterocycles. The van der Waals surface area contributed by atoms with Gasteiger partial charge in [0.1, 0.15) is 11.2 Å². The van der Waals surface area contributed by atoms with E-state index in [1.54, 1.807) is 24.3 Å². The molecule has 1 heterocycles. The number of fused-ring (bicyclic) bond motifs is 7. The molecule has 2 heteroatoms. The van der Waals surface area contributed by atoms with Crippen LogP contribution in [0.3, 0.4) is 0 Å². The Balaban J connectivity index is 1.13. The van der Waals surface area contributed by atoms with Crippen LogP contribution in [-0.2, 0) is 0 Å². The normalized spacial score (nSPS) is 13.4. The van der Waals surface area contributed by atoms with E-state index in [-0.39, 0.29) is 46.7 Å². The minimum absolute atomic E-state index is 0.0866. The highest BCUT2D eigenvalue weighted by molar-refractivity contribution is 6.20. The zero-order valence-electron chi connectivity index (χ0n) is 41.3. The summed E-state index contributed by atoms with van der Waals surface area (Å²) in [6.07, 6.45) is 0. The molecule has 62 heavy (non-hydrogen) atoms. The molecule has 11 aromatic carbocycles. The maximum atomic E-state index is 9.90. The second kappa shape index (κ2) is 14.8. The van der Waals surface area contributed by atoms with Gasteiger partial charge in [-0.1, -0.05) is 182 Å². The average Bonchev–Trinajstić information content (AvgIpc) is 3.78. The number of para-hydroxylation sites is 2. The molecule has 0 bridgehead atoms.